The summed E-state index contributed by atoms with van der Waals surface area (Å²) in [6.45, 7) is 3.82. The number of carboxylic acid groups (broad SMARTS) is 1. The molecule has 3 amide bonds. The number of carbonyl (C=O) groups is 4. The Kier molecular flexibility index (Phi) is 13.3. The highest BCUT2D eigenvalue weighted by Gasteiger charge is 2.31. The zero-order valence-electron chi connectivity index (χ0n) is 22.9. The number of aromatic amines is 1. The van der Waals surface area contributed by atoms with Crippen LogP contribution in [-0.2, 0) is 25.6 Å². The molecule has 9 N–H and O–H groups in total. The maximum absolute atomic E-state index is 13.3. The topological polar surface area (TPSA) is 192 Å². The number of nitrogens with one attached hydrogen (secondary N) is 4. The normalized spacial score (nSPS) is 14.4. The number of unbranched alkanes of at least 4 members (excludes halogenated alkanes) is 1. The Morgan fingerprint density at radius 3 is 2.26 bits per heavy atom. The first-order valence-electron chi connectivity index (χ1n) is 13.2. The lowest BCUT2D eigenvalue weighted by Gasteiger charge is -2.26. The average Bonchev–Trinajstić information content (AvgIpc) is 3.30. The quantitative estimate of drug-likeness (QED) is 0.139. The first kappa shape index (κ1) is 32.1. The van der Waals surface area contributed by atoms with Crippen LogP contribution in [0.2, 0.25) is 0 Å². The summed E-state index contributed by atoms with van der Waals surface area (Å²) in [6.07, 6.45) is 5.82. The number of fused-ring (bicyclic) bond motifs is 1. The number of H-pyrrole nitrogens is 1. The van der Waals surface area contributed by atoms with Crippen LogP contribution < -0.4 is 27.4 Å². The number of nitrogens with two attached hydrogens (primary N) is 2. The highest BCUT2D eigenvalue weighted by Crippen LogP contribution is 2.19. The fourth-order valence-corrected chi connectivity index (χ4v) is 4.69. The van der Waals surface area contributed by atoms with Gasteiger partial charge in [0.15, 0.2) is 0 Å². The van der Waals surface area contributed by atoms with Gasteiger partial charge in [-0.05, 0) is 68.2 Å². The minimum Gasteiger partial charge on any atom is -0.480 e. The second kappa shape index (κ2) is 16.1. The molecule has 12 heteroatoms. The fourth-order valence-electron chi connectivity index (χ4n) is 4.21. The number of carbonyl (C=O) groups excluding carboxylic acids is 3. The van der Waals surface area contributed by atoms with E-state index in [1.165, 1.54) is 11.8 Å². The van der Waals surface area contributed by atoms with E-state index in [0.29, 0.717) is 38.0 Å². The number of aromatic nitrogens is 1. The van der Waals surface area contributed by atoms with Gasteiger partial charge in [0, 0.05) is 17.1 Å². The molecule has 1 heterocycles. The van der Waals surface area contributed by atoms with Gasteiger partial charge in [-0.1, -0.05) is 32.0 Å². The number of hydrogen-bond acceptors (Lipinski definition) is 7. The van der Waals surface area contributed by atoms with Crippen LogP contribution in [-0.4, -0.2) is 76.5 Å². The molecule has 0 bridgehead atoms. The number of thioether (sulfide) groups is 1. The molecule has 0 radical (unpaired) electrons. The van der Waals surface area contributed by atoms with Gasteiger partial charge < -0.3 is 37.5 Å². The molecule has 216 valence electrons. The Labute approximate surface area is 233 Å². The van der Waals surface area contributed by atoms with E-state index in [2.05, 4.69) is 20.9 Å². The van der Waals surface area contributed by atoms with E-state index in [4.69, 9.17) is 11.5 Å². The molecule has 0 saturated carbocycles. The molecule has 0 fully saturated rings. The van der Waals surface area contributed by atoms with Crippen molar-refractivity contribution in [3.05, 3.63) is 36.0 Å². The van der Waals surface area contributed by atoms with Crippen LogP contribution in [0, 0.1) is 5.92 Å². The lowest BCUT2D eigenvalue weighted by Crippen LogP contribution is -2.57. The second-order valence-electron chi connectivity index (χ2n) is 9.93. The number of aliphatic carboxylic acids is 1. The molecule has 0 saturated heterocycles. The monoisotopic (exact) mass is 562 g/mol. The molecule has 4 unspecified atom stereocenters. The van der Waals surface area contributed by atoms with Gasteiger partial charge >= 0.3 is 5.97 Å². The summed E-state index contributed by atoms with van der Waals surface area (Å²) in [5.41, 5.74) is 13.7. The Morgan fingerprint density at radius 2 is 1.62 bits per heavy atom. The van der Waals surface area contributed by atoms with Crippen LogP contribution in [0.15, 0.2) is 30.5 Å². The first-order valence-corrected chi connectivity index (χ1v) is 14.6. The minimum atomic E-state index is -1.15. The van der Waals surface area contributed by atoms with Crippen molar-refractivity contribution in [2.45, 2.75) is 70.1 Å². The number of hydrogen-bond donors (Lipinski definition) is 7. The second-order valence-corrected chi connectivity index (χ2v) is 10.9. The highest BCUT2D eigenvalue weighted by atomic mass is 32.2. The van der Waals surface area contributed by atoms with Crippen LogP contribution >= 0.6 is 11.8 Å². The van der Waals surface area contributed by atoms with Crippen LogP contribution in [0.3, 0.4) is 0 Å². The van der Waals surface area contributed by atoms with E-state index in [0.717, 1.165) is 16.5 Å². The largest absolute Gasteiger partial charge is 0.480 e. The van der Waals surface area contributed by atoms with E-state index in [1.807, 2.05) is 36.7 Å². The zero-order chi connectivity index (χ0) is 28.9. The van der Waals surface area contributed by atoms with Gasteiger partial charge in [-0.2, -0.15) is 11.8 Å². The molecule has 0 aliphatic carbocycles. The minimum absolute atomic E-state index is 0.275. The Morgan fingerprint density at radius 1 is 0.974 bits per heavy atom. The van der Waals surface area contributed by atoms with Gasteiger partial charge in [-0.15, -0.1) is 0 Å². The van der Waals surface area contributed by atoms with Gasteiger partial charge in [0.2, 0.25) is 17.7 Å². The summed E-state index contributed by atoms with van der Waals surface area (Å²) in [5, 5.41) is 18.5. The molecule has 1 aromatic carbocycles. The van der Waals surface area contributed by atoms with Gasteiger partial charge in [0.1, 0.15) is 18.1 Å². The van der Waals surface area contributed by atoms with Crippen LogP contribution in [0.5, 0.6) is 0 Å². The summed E-state index contributed by atoms with van der Waals surface area (Å²) in [5.74, 6) is -2.52. The molecular formula is C27H42N6O5S. The summed E-state index contributed by atoms with van der Waals surface area (Å²) >= 11 is 1.50. The predicted octanol–water partition coefficient (Wildman–Crippen LogP) is 1.11. The van der Waals surface area contributed by atoms with Crippen LogP contribution in [0.1, 0.15) is 45.1 Å². The molecule has 0 aliphatic heterocycles. The van der Waals surface area contributed by atoms with Crippen molar-refractivity contribution in [3.8, 4) is 0 Å². The number of rotatable bonds is 17. The summed E-state index contributed by atoms with van der Waals surface area (Å²) < 4.78 is 0. The Hall–Kier alpha value is -3.09. The molecule has 1 aromatic heterocycles. The summed E-state index contributed by atoms with van der Waals surface area (Å²) in [6, 6.07) is 3.83. The van der Waals surface area contributed by atoms with Gasteiger partial charge in [0.05, 0.1) is 6.04 Å². The molecule has 2 rings (SSSR count). The fraction of sp³-hybridized carbons (Fsp3) is 0.556. The van der Waals surface area contributed by atoms with E-state index < -0.39 is 47.9 Å². The van der Waals surface area contributed by atoms with Crippen molar-refractivity contribution in [1.29, 1.82) is 0 Å². The maximum Gasteiger partial charge on any atom is 0.326 e. The van der Waals surface area contributed by atoms with Crippen molar-refractivity contribution in [2.24, 2.45) is 17.4 Å². The third-order valence-corrected chi connectivity index (χ3v) is 7.15. The molecular weight excluding hydrogens is 520 g/mol. The predicted molar refractivity (Wildman–Crippen MR) is 154 cm³/mol. The smallest absolute Gasteiger partial charge is 0.326 e. The highest BCUT2D eigenvalue weighted by molar-refractivity contribution is 7.98. The van der Waals surface area contributed by atoms with Crippen molar-refractivity contribution in [3.63, 3.8) is 0 Å². The van der Waals surface area contributed by atoms with E-state index in [9.17, 15) is 24.3 Å². The average molecular weight is 563 g/mol. The van der Waals surface area contributed by atoms with E-state index >= 15 is 0 Å². The van der Waals surface area contributed by atoms with Gasteiger partial charge in [-0.3, -0.25) is 14.4 Å². The third kappa shape index (κ3) is 9.86. The SMILES string of the molecule is CSCCC(NC(=O)C(CCCCN)NC(=O)C(N)Cc1c[nH]c2ccccc12)C(=O)NC(C(=O)O)C(C)C. The van der Waals surface area contributed by atoms with Crippen molar-refractivity contribution >= 4 is 46.4 Å². The molecule has 0 aliphatic rings. The lowest BCUT2D eigenvalue weighted by atomic mass is 10.0. The van der Waals surface area contributed by atoms with Crippen LogP contribution in [0.25, 0.3) is 10.9 Å². The zero-order valence-corrected chi connectivity index (χ0v) is 23.7. The van der Waals surface area contributed by atoms with Gasteiger partial charge in [0.25, 0.3) is 0 Å². The van der Waals surface area contributed by atoms with Gasteiger partial charge in [-0.25, -0.2) is 4.79 Å². The first-order chi connectivity index (χ1) is 18.6. The van der Waals surface area contributed by atoms with E-state index in [-0.39, 0.29) is 12.3 Å². The summed E-state index contributed by atoms with van der Waals surface area (Å²) in [4.78, 5) is 54.1. The maximum atomic E-state index is 13.3. The van der Waals surface area contributed by atoms with Crippen LogP contribution in [0.4, 0.5) is 0 Å². The number of benzene rings is 1. The standard InChI is InChI=1S/C27H42N6O5S/c1-16(2)23(27(37)38)33-26(36)22(11-13-39-3)32-25(35)21(10-6-7-12-28)31-24(34)19(29)14-17-15-30-20-9-5-4-8-18(17)20/h4-5,8-9,15-16,19,21-23,30H,6-7,10-14,28-29H2,1-3H3,(H,31,34)(H,32,35)(H,33,36)(H,37,38). The molecule has 2 aromatic rings. The number of amides is 3. The lowest BCUT2D eigenvalue weighted by molar-refractivity contribution is -0.143. The Bertz CT molecular complexity index is 1110. The number of carboxylic acids is 1. The summed E-state index contributed by atoms with van der Waals surface area (Å²) in [7, 11) is 0. The molecule has 0 spiro atoms. The molecule has 4 atom stereocenters. The van der Waals surface area contributed by atoms with E-state index in [1.54, 1.807) is 13.8 Å². The van der Waals surface area contributed by atoms with Crippen molar-refractivity contribution in [1.82, 2.24) is 20.9 Å². The third-order valence-electron chi connectivity index (χ3n) is 6.51. The molecule has 11 nitrogen and oxygen atoms in total. The van der Waals surface area contributed by atoms with Crippen molar-refractivity contribution < 1.29 is 24.3 Å². The van der Waals surface area contributed by atoms with Crippen molar-refractivity contribution in [2.75, 3.05) is 18.6 Å². The Balaban J connectivity index is 2.12. The number of para-hydroxylation sites is 1. The molecule has 39 heavy (non-hydrogen) atoms.